The summed E-state index contributed by atoms with van der Waals surface area (Å²) in [5, 5.41) is 0.449. The molecule has 0 bridgehead atoms. The monoisotopic (exact) mass is 412 g/mol. The summed E-state index contributed by atoms with van der Waals surface area (Å²) in [6, 6.07) is 5.68. The van der Waals surface area contributed by atoms with Crippen LogP contribution in [-0.4, -0.2) is 49.0 Å². The zero-order valence-corrected chi connectivity index (χ0v) is 22.0. The molecule has 0 N–H and O–H groups in total. The highest BCUT2D eigenvalue weighted by Gasteiger charge is 2.66. The summed E-state index contributed by atoms with van der Waals surface area (Å²) in [5.41, 5.74) is 0.780. The Morgan fingerprint density at radius 3 is 1.52 bits per heavy atom. The third kappa shape index (κ3) is 3.74. The number of rotatable bonds is 7. The molecule has 0 aliphatic heterocycles. The number of hydrogen-bond donors (Lipinski definition) is 0. The van der Waals surface area contributed by atoms with Crippen LogP contribution in [0.15, 0.2) is 18.2 Å². The summed E-state index contributed by atoms with van der Waals surface area (Å²) in [7, 11) is -1.77. The van der Waals surface area contributed by atoms with Crippen molar-refractivity contribution in [2.75, 3.05) is 14.2 Å². The number of carbonyl (C=O) groups excluding carboxylic acids is 1. The van der Waals surface area contributed by atoms with Crippen LogP contribution in [0, 0.1) is 0 Å². The largest absolute Gasteiger partial charge is 0.497 e. The molecule has 0 unspecified atom stereocenters. The molecule has 0 saturated heterocycles. The van der Waals surface area contributed by atoms with Crippen LogP contribution >= 0.6 is 0 Å². The van der Waals surface area contributed by atoms with Crippen molar-refractivity contribution < 1.29 is 14.3 Å². The van der Waals surface area contributed by atoms with Crippen molar-refractivity contribution in [2.45, 2.75) is 58.9 Å². The SMILES string of the molecule is COc1ccc(C(=O)[Si]([Si](C)(C)C)([Si](C)(C)C)[Si](C)(C)C)c(OC)c1. The predicted molar refractivity (Wildman–Crippen MR) is 120 cm³/mol. The minimum atomic E-state index is -2.16. The predicted octanol–water partition coefficient (Wildman–Crippen LogP) is 5.12. The molecule has 0 heterocycles. The number of hydrogen-bond acceptors (Lipinski definition) is 3. The Hall–Kier alpha value is -0.642. The van der Waals surface area contributed by atoms with Crippen LogP contribution in [0.1, 0.15) is 10.4 Å². The molecule has 0 atom stereocenters. The van der Waals surface area contributed by atoms with Crippen molar-refractivity contribution in [3.05, 3.63) is 23.8 Å². The third-order valence-corrected chi connectivity index (χ3v) is 75.9. The fraction of sp³-hybridized carbons (Fsp3) is 0.611. The zero-order chi connectivity index (χ0) is 19.8. The molecule has 0 aliphatic rings. The first-order valence-electron chi connectivity index (χ1n) is 8.92. The molecule has 0 saturated carbocycles. The highest BCUT2D eigenvalue weighted by molar-refractivity contribution is 7.97. The van der Waals surface area contributed by atoms with Gasteiger partial charge in [0.05, 0.1) is 19.8 Å². The van der Waals surface area contributed by atoms with Gasteiger partial charge in [0.1, 0.15) is 23.5 Å². The van der Waals surface area contributed by atoms with E-state index >= 15 is 0 Å². The van der Waals surface area contributed by atoms with Crippen LogP contribution in [0.2, 0.25) is 58.9 Å². The molecule has 142 valence electrons. The van der Waals surface area contributed by atoms with E-state index in [1.807, 2.05) is 18.2 Å². The summed E-state index contributed by atoms with van der Waals surface area (Å²) < 4.78 is 10.9. The average molecular weight is 413 g/mol. The molecule has 1 rings (SSSR count). The molecule has 0 radical (unpaired) electrons. The molecule has 0 aromatic heterocycles. The topological polar surface area (TPSA) is 35.5 Å². The maximum absolute atomic E-state index is 14.2. The molecule has 3 nitrogen and oxygen atoms in total. The summed E-state index contributed by atoms with van der Waals surface area (Å²) in [6.45, 7) is 19.7. The Morgan fingerprint density at radius 2 is 1.20 bits per heavy atom. The molecule has 0 fully saturated rings. The molecule has 0 spiro atoms. The molecule has 1 aromatic carbocycles. The highest BCUT2D eigenvalue weighted by atomic mass is 29.9. The molecule has 0 amide bonds. The van der Waals surface area contributed by atoms with Gasteiger partial charge in [0.25, 0.3) is 0 Å². The second-order valence-electron chi connectivity index (χ2n) is 9.90. The quantitative estimate of drug-likeness (QED) is 0.583. The van der Waals surface area contributed by atoms with E-state index in [1.165, 1.54) is 0 Å². The molecular formula is C18H36O3Si4. The van der Waals surface area contributed by atoms with E-state index in [1.54, 1.807) is 14.2 Å². The maximum Gasteiger partial charge on any atom is 0.136 e. The van der Waals surface area contributed by atoms with Gasteiger partial charge in [0.2, 0.25) is 0 Å². The molecule has 7 heteroatoms. The van der Waals surface area contributed by atoms with Crippen molar-refractivity contribution >= 4 is 34.8 Å². The summed E-state index contributed by atoms with van der Waals surface area (Å²) in [6.07, 6.45) is 0. The van der Waals surface area contributed by atoms with E-state index in [0.717, 1.165) is 11.3 Å². The number of ether oxygens (including phenoxy) is 2. The number of benzene rings is 1. The minimum Gasteiger partial charge on any atom is -0.497 e. The Balaban J connectivity index is 3.83. The minimum absolute atomic E-state index is 0.449. The Labute approximate surface area is 157 Å². The maximum atomic E-state index is 14.2. The van der Waals surface area contributed by atoms with Gasteiger partial charge in [-0.25, -0.2) is 0 Å². The first kappa shape index (κ1) is 22.4. The zero-order valence-electron chi connectivity index (χ0n) is 18.0. The van der Waals surface area contributed by atoms with Gasteiger partial charge in [-0.3, -0.25) is 0 Å². The first-order valence-corrected chi connectivity index (χ1v) is 24.4. The van der Waals surface area contributed by atoms with Crippen LogP contribution in [0.4, 0.5) is 0 Å². The fourth-order valence-electron chi connectivity index (χ4n) is 5.58. The standard InChI is InChI=1S/C18H36O3Si4/c1-20-15-12-13-16(17(14-15)21-2)18(19)25(22(3,4)5,23(6,7)8)24(9,10)11/h12-14H,1-11H3. The average Bonchev–Trinajstić information content (AvgIpc) is 2.42. The molecule has 25 heavy (non-hydrogen) atoms. The summed E-state index contributed by atoms with van der Waals surface area (Å²) in [4.78, 5) is 14.2. The van der Waals surface area contributed by atoms with Gasteiger partial charge in [-0.1, -0.05) is 58.9 Å². The lowest BCUT2D eigenvalue weighted by molar-refractivity contribution is 0.107. The highest BCUT2D eigenvalue weighted by Crippen LogP contribution is 2.41. The van der Waals surface area contributed by atoms with Gasteiger partial charge in [-0.2, -0.15) is 0 Å². The summed E-state index contributed by atoms with van der Waals surface area (Å²) in [5.74, 6) is 1.39. The van der Waals surface area contributed by atoms with E-state index in [4.69, 9.17) is 9.47 Å². The van der Waals surface area contributed by atoms with Crippen LogP contribution in [-0.2, 0) is 0 Å². The van der Waals surface area contributed by atoms with E-state index in [0.29, 0.717) is 11.2 Å². The lowest BCUT2D eigenvalue weighted by Crippen LogP contribution is -2.86. The van der Waals surface area contributed by atoms with Crippen molar-refractivity contribution in [3.8, 4) is 11.5 Å². The number of methoxy groups -OCH3 is 2. The summed E-state index contributed by atoms with van der Waals surface area (Å²) >= 11 is 0. The van der Waals surface area contributed by atoms with Crippen molar-refractivity contribution in [3.63, 3.8) is 0 Å². The van der Waals surface area contributed by atoms with E-state index in [9.17, 15) is 4.79 Å². The van der Waals surface area contributed by atoms with Crippen LogP contribution in [0.5, 0.6) is 11.5 Å². The van der Waals surface area contributed by atoms with Crippen molar-refractivity contribution in [1.82, 2.24) is 0 Å². The van der Waals surface area contributed by atoms with Crippen molar-refractivity contribution in [2.24, 2.45) is 0 Å². The van der Waals surface area contributed by atoms with E-state index < -0.39 is 29.4 Å². The Bertz CT molecular complexity index is 601. The lowest BCUT2D eigenvalue weighted by Gasteiger charge is -2.55. The Morgan fingerprint density at radius 1 is 0.760 bits per heavy atom. The van der Waals surface area contributed by atoms with Gasteiger partial charge in [-0.15, -0.1) is 0 Å². The van der Waals surface area contributed by atoms with Gasteiger partial charge < -0.3 is 14.3 Å². The molecular weight excluding hydrogens is 377 g/mol. The normalized spacial score (nSPS) is 13.6. The first-order chi connectivity index (χ1) is 11.1. The fourth-order valence-corrected chi connectivity index (χ4v) is 103. The van der Waals surface area contributed by atoms with Crippen LogP contribution < -0.4 is 9.47 Å². The van der Waals surface area contributed by atoms with E-state index in [2.05, 4.69) is 58.9 Å². The molecule has 1 aromatic rings. The number of carbonyl (C=O) groups is 1. The van der Waals surface area contributed by atoms with Gasteiger partial charge in [-0.05, 0) is 12.1 Å². The van der Waals surface area contributed by atoms with Gasteiger partial charge in [0.15, 0.2) is 0 Å². The van der Waals surface area contributed by atoms with Gasteiger partial charge >= 0.3 is 0 Å². The lowest BCUT2D eigenvalue weighted by atomic mass is 10.2. The van der Waals surface area contributed by atoms with Crippen LogP contribution in [0.25, 0.3) is 0 Å². The van der Waals surface area contributed by atoms with Crippen LogP contribution in [0.3, 0.4) is 0 Å². The van der Waals surface area contributed by atoms with Gasteiger partial charge in [0, 0.05) is 28.8 Å². The third-order valence-electron chi connectivity index (χ3n) is 5.37. The Kier molecular flexibility index (Phi) is 6.42. The van der Waals surface area contributed by atoms with E-state index in [-0.39, 0.29) is 0 Å². The second-order valence-corrected chi connectivity index (χ2v) is 50.1. The smallest absolute Gasteiger partial charge is 0.136 e. The second kappa shape index (κ2) is 7.17. The molecule has 0 aliphatic carbocycles. The van der Waals surface area contributed by atoms with Crippen molar-refractivity contribution in [1.29, 1.82) is 0 Å².